The number of benzene rings is 1. The van der Waals surface area contributed by atoms with Crippen molar-refractivity contribution in [1.82, 2.24) is 0 Å². The van der Waals surface area contributed by atoms with E-state index in [-0.39, 0.29) is 10.9 Å². The Kier molecular flexibility index (Phi) is 3.88. The Bertz CT molecular complexity index is 407. The van der Waals surface area contributed by atoms with Crippen LogP contribution in [-0.4, -0.2) is 18.6 Å². The van der Waals surface area contributed by atoms with Crippen LogP contribution in [0.4, 0.5) is 10.1 Å². The molecule has 0 aliphatic heterocycles. The summed E-state index contributed by atoms with van der Waals surface area (Å²) in [5.74, 6) is -0.844. The second kappa shape index (κ2) is 4.80. The number of ether oxygens (including phenoxy) is 1. The first-order valence-electron chi connectivity index (χ1n) is 4.68. The zero-order valence-electron chi connectivity index (χ0n) is 9.30. The molecule has 0 radical (unpaired) electrons. The summed E-state index contributed by atoms with van der Waals surface area (Å²) in [7, 11) is 1.44. The lowest BCUT2D eigenvalue weighted by molar-refractivity contribution is -0.133. The van der Waals surface area contributed by atoms with Gasteiger partial charge in [-0.1, -0.05) is 11.6 Å². The van der Waals surface area contributed by atoms with Gasteiger partial charge < -0.3 is 10.1 Å². The molecular formula is C11H13ClFNO2. The summed E-state index contributed by atoms with van der Waals surface area (Å²) in [5.41, 5.74) is -0.512. The highest BCUT2D eigenvalue weighted by molar-refractivity contribution is 6.31. The summed E-state index contributed by atoms with van der Waals surface area (Å²) in [6.07, 6.45) is 0. The summed E-state index contributed by atoms with van der Waals surface area (Å²) in [4.78, 5) is 11.7. The lowest BCUT2D eigenvalue weighted by Gasteiger charge is -2.21. The first-order valence-corrected chi connectivity index (χ1v) is 5.06. The molecule has 1 rings (SSSR count). The molecule has 3 nitrogen and oxygen atoms in total. The second-order valence-electron chi connectivity index (χ2n) is 3.80. The fourth-order valence-corrected chi connectivity index (χ4v) is 1.13. The van der Waals surface area contributed by atoms with Crippen molar-refractivity contribution in [2.45, 2.75) is 19.4 Å². The van der Waals surface area contributed by atoms with Crippen molar-refractivity contribution in [3.63, 3.8) is 0 Å². The van der Waals surface area contributed by atoms with Crippen LogP contribution < -0.4 is 5.32 Å². The number of halogens is 2. The van der Waals surface area contributed by atoms with Crippen LogP contribution in [0.2, 0.25) is 5.02 Å². The highest BCUT2D eigenvalue weighted by Crippen LogP contribution is 2.20. The summed E-state index contributed by atoms with van der Waals surface area (Å²) in [5, 5.41) is 2.55. The number of carbonyl (C=O) groups is 1. The molecule has 0 saturated carbocycles. The molecule has 1 aromatic carbocycles. The lowest BCUT2D eigenvalue weighted by Crippen LogP contribution is -2.38. The molecule has 88 valence electrons. The van der Waals surface area contributed by atoms with Gasteiger partial charge in [0.15, 0.2) is 0 Å². The van der Waals surface area contributed by atoms with E-state index in [1.807, 2.05) is 0 Å². The third-order valence-electron chi connectivity index (χ3n) is 2.23. The van der Waals surface area contributed by atoms with E-state index >= 15 is 0 Å². The van der Waals surface area contributed by atoms with Crippen LogP contribution in [0.5, 0.6) is 0 Å². The summed E-state index contributed by atoms with van der Waals surface area (Å²) >= 11 is 5.59. The quantitative estimate of drug-likeness (QED) is 0.889. The Balaban J connectivity index is 2.82. The second-order valence-corrected chi connectivity index (χ2v) is 4.20. The molecule has 5 heteroatoms. The summed E-state index contributed by atoms with van der Waals surface area (Å²) in [6.45, 7) is 3.26. The normalized spacial score (nSPS) is 11.3. The van der Waals surface area contributed by atoms with E-state index in [9.17, 15) is 9.18 Å². The minimum absolute atomic E-state index is 0.0342. The predicted molar refractivity (Wildman–Crippen MR) is 61.1 cm³/mol. The van der Waals surface area contributed by atoms with Gasteiger partial charge in [-0.3, -0.25) is 4.79 Å². The molecule has 1 aromatic rings. The lowest BCUT2D eigenvalue weighted by atomic mass is 10.1. The molecule has 1 N–H and O–H groups in total. The maximum absolute atomic E-state index is 12.9. The van der Waals surface area contributed by atoms with Crippen LogP contribution in [0.3, 0.4) is 0 Å². The maximum atomic E-state index is 12.9. The van der Waals surface area contributed by atoms with E-state index in [2.05, 4.69) is 5.32 Å². The standard InChI is InChI=1S/C11H13ClFNO2/c1-11(2,16-3)10(15)14-7-4-5-9(13)8(12)6-7/h4-6H,1-3H3,(H,14,15). The molecule has 0 saturated heterocycles. The average Bonchev–Trinajstić information content (AvgIpc) is 2.23. The van der Waals surface area contributed by atoms with Gasteiger partial charge in [0.2, 0.25) is 0 Å². The van der Waals surface area contributed by atoms with Crippen molar-refractivity contribution in [3.05, 3.63) is 29.0 Å². The topological polar surface area (TPSA) is 38.3 Å². The third kappa shape index (κ3) is 2.93. The van der Waals surface area contributed by atoms with Crippen molar-refractivity contribution in [3.8, 4) is 0 Å². The molecule has 0 aliphatic rings. The van der Waals surface area contributed by atoms with Gasteiger partial charge in [0.05, 0.1) is 5.02 Å². The van der Waals surface area contributed by atoms with Crippen molar-refractivity contribution in [2.75, 3.05) is 12.4 Å². The van der Waals surface area contributed by atoms with E-state index in [4.69, 9.17) is 16.3 Å². The Hall–Kier alpha value is -1.13. The van der Waals surface area contributed by atoms with Crippen LogP contribution in [0.15, 0.2) is 18.2 Å². The number of rotatable bonds is 3. The van der Waals surface area contributed by atoms with Crippen LogP contribution in [0.1, 0.15) is 13.8 Å². The Morgan fingerprint density at radius 3 is 2.62 bits per heavy atom. The molecule has 0 fully saturated rings. The van der Waals surface area contributed by atoms with Crippen molar-refractivity contribution in [1.29, 1.82) is 0 Å². The largest absolute Gasteiger partial charge is 0.369 e. The highest BCUT2D eigenvalue weighted by atomic mass is 35.5. The van der Waals surface area contributed by atoms with Crippen LogP contribution in [0.25, 0.3) is 0 Å². The van der Waals surface area contributed by atoms with Crippen LogP contribution >= 0.6 is 11.6 Å². The molecule has 1 amide bonds. The number of hydrogen-bond acceptors (Lipinski definition) is 2. The molecule has 16 heavy (non-hydrogen) atoms. The zero-order valence-corrected chi connectivity index (χ0v) is 10.1. The third-order valence-corrected chi connectivity index (χ3v) is 2.52. The highest BCUT2D eigenvalue weighted by Gasteiger charge is 2.26. The number of amides is 1. The van der Waals surface area contributed by atoms with Gasteiger partial charge in [-0.05, 0) is 32.0 Å². The number of anilines is 1. The van der Waals surface area contributed by atoms with Gasteiger partial charge in [-0.15, -0.1) is 0 Å². The van der Waals surface area contributed by atoms with Gasteiger partial charge in [0.1, 0.15) is 11.4 Å². The van der Waals surface area contributed by atoms with E-state index in [0.717, 1.165) is 0 Å². The molecule has 0 atom stereocenters. The molecular weight excluding hydrogens is 233 g/mol. The number of hydrogen-bond donors (Lipinski definition) is 1. The fraction of sp³-hybridized carbons (Fsp3) is 0.364. The van der Waals surface area contributed by atoms with Gasteiger partial charge in [0.25, 0.3) is 5.91 Å². The van der Waals surface area contributed by atoms with E-state index in [1.54, 1.807) is 13.8 Å². The van der Waals surface area contributed by atoms with Gasteiger partial charge in [-0.25, -0.2) is 4.39 Å². The first kappa shape index (κ1) is 12.9. The predicted octanol–water partition coefficient (Wildman–Crippen LogP) is 2.84. The monoisotopic (exact) mass is 245 g/mol. The fourth-order valence-electron chi connectivity index (χ4n) is 0.948. The van der Waals surface area contributed by atoms with Gasteiger partial charge in [-0.2, -0.15) is 0 Å². The Morgan fingerprint density at radius 1 is 1.50 bits per heavy atom. The number of carbonyl (C=O) groups excluding carboxylic acids is 1. The number of nitrogens with one attached hydrogen (secondary N) is 1. The van der Waals surface area contributed by atoms with Crippen molar-refractivity contribution < 1.29 is 13.9 Å². The molecule has 0 heterocycles. The molecule has 0 spiro atoms. The maximum Gasteiger partial charge on any atom is 0.256 e. The van der Waals surface area contributed by atoms with Gasteiger partial charge in [0, 0.05) is 12.8 Å². The number of methoxy groups -OCH3 is 1. The van der Waals surface area contributed by atoms with E-state index in [1.165, 1.54) is 25.3 Å². The summed E-state index contributed by atoms with van der Waals surface area (Å²) < 4.78 is 17.9. The molecule has 0 unspecified atom stereocenters. The molecule has 0 aliphatic carbocycles. The smallest absolute Gasteiger partial charge is 0.256 e. The van der Waals surface area contributed by atoms with E-state index in [0.29, 0.717) is 5.69 Å². The zero-order chi connectivity index (χ0) is 12.3. The minimum Gasteiger partial charge on any atom is -0.369 e. The minimum atomic E-state index is -0.944. The van der Waals surface area contributed by atoms with Gasteiger partial charge >= 0.3 is 0 Å². The molecule has 0 aromatic heterocycles. The van der Waals surface area contributed by atoms with Crippen LogP contribution in [-0.2, 0) is 9.53 Å². The first-order chi connectivity index (χ1) is 7.36. The average molecular weight is 246 g/mol. The SMILES string of the molecule is COC(C)(C)C(=O)Nc1ccc(F)c(Cl)c1. The van der Waals surface area contributed by atoms with Crippen LogP contribution in [0, 0.1) is 5.82 Å². The Labute approximate surface area is 98.5 Å². The van der Waals surface area contributed by atoms with Crippen molar-refractivity contribution in [2.24, 2.45) is 0 Å². The van der Waals surface area contributed by atoms with E-state index < -0.39 is 11.4 Å². The van der Waals surface area contributed by atoms with Crippen molar-refractivity contribution >= 4 is 23.2 Å². The molecule has 0 bridgehead atoms. The Morgan fingerprint density at radius 2 is 2.12 bits per heavy atom. The summed E-state index contributed by atoms with van der Waals surface area (Å²) in [6, 6.07) is 3.98.